The van der Waals surface area contributed by atoms with Gasteiger partial charge >= 0.3 is 0 Å². The van der Waals surface area contributed by atoms with E-state index < -0.39 is 5.54 Å². The first-order chi connectivity index (χ1) is 6.82. The second-order valence-electron chi connectivity index (χ2n) is 5.04. The second kappa shape index (κ2) is 6.09. The van der Waals surface area contributed by atoms with Crippen molar-refractivity contribution in [3.63, 3.8) is 0 Å². The Bertz CT molecular complexity index is 217. The third-order valence-corrected chi connectivity index (χ3v) is 3.02. The van der Waals surface area contributed by atoms with E-state index in [1.807, 2.05) is 0 Å². The Morgan fingerprint density at radius 1 is 1.47 bits per heavy atom. The molecule has 3 unspecified atom stereocenters. The highest BCUT2D eigenvalue weighted by molar-refractivity contribution is 5.02. The maximum absolute atomic E-state index is 8.86. The minimum atomic E-state index is -0.705. The molecule has 2 N–H and O–H groups in total. The van der Waals surface area contributed by atoms with E-state index in [0.717, 1.165) is 13.0 Å². The van der Waals surface area contributed by atoms with E-state index >= 15 is 0 Å². The number of nitrogens with two attached hydrogens (primary N) is 1. The second-order valence-corrected chi connectivity index (χ2v) is 5.04. The van der Waals surface area contributed by atoms with Crippen molar-refractivity contribution in [3.8, 4) is 6.07 Å². The van der Waals surface area contributed by atoms with Gasteiger partial charge < -0.3 is 10.6 Å². The van der Waals surface area contributed by atoms with Crippen LogP contribution in [0.25, 0.3) is 0 Å². The van der Waals surface area contributed by atoms with Crippen LogP contribution in [0.15, 0.2) is 0 Å². The normalized spacial score (nSPS) is 19.3. The summed E-state index contributed by atoms with van der Waals surface area (Å²) in [5.41, 5.74) is 5.13. The van der Waals surface area contributed by atoms with Crippen LogP contribution in [0.1, 0.15) is 40.5 Å². The smallest absolute Gasteiger partial charge is 0.102 e. The van der Waals surface area contributed by atoms with Crippen LogP contribution in [0.3, 0.4) is 0 Å². The molecule has 0 saturated carbocycles. The van der Waals surface area contributed by atoms with Crippen LogP contribution in [0.5, 0.6) is 0 Å². The summed E-state index contributed by atoms with van der Waals surface area (Å²) < 4.78 is 0. The van der Waals surface area contributed by atoms with Gasteiger partial charge in [0.25, 0.3) is 0 Å². The van der Waals surface area contributed by atoms with E-state index in [1.165, 1.54) is 6.42 Å². The van der Waals surface area contributed by atoms with Gasteiger partial charge in [-0.3, -0.25) is 0 Å². The zero-order valence-corrected chi connectivity index (χ0v) is 10.7. The van der Waals surface area contributed by atoms with Crippen LogP contribution in [0.2, 0.25) is 0 Å². The molecule has 88 valence electrons. The molecule has 0 aliphatic carbocycles. The molecule has 3 atom stereocenters. The summed E-state index contributed by atoms with van der Waals surface area (Å²) in [6.45, 7) is 9.44. The summed E-state index contributed by atoms with van der Waals surface area (Å²) >= 11 is 0. The molecule has 0 aromatic heterocycles. The quantitative estimate of drug-likeness (QED) is 0.731. The molecule has 0 bridgehead atoms. The minimum absolute atomic E-state index is 0.355. The van der Waals surface area contributed by atoms with Crippen molar-refractivity contribution >= 4 is 0 Å². The molecule has 3 heteroatoms. The number of hydrogen-bond donors (Lipinski definition) is 1. The van der Waals surface area contributed by atoms with Gasteiger partial charge in [0.2, 0.25) is 0 Å². The molecule has 0 spiro atoms. The fraction of sp³-hybridized carbons (Fsp3) is 0.917. The Labute approximate surface area is 94.2 Å². The summed E-state index contributed by atoms with van der Waals surface area (Å²) in [5, 5.41) is 8.86. The van der Waals surface area contributed by atoms with Crippen LogP contribution < -0.4 is 5.73 Å². The van der Waals surface area contributed by atoms with E-state index in [4.69, 9.17) is 11.0 Å². The van der Waals surface area contributed by atoms with Crippen LogP contribution in [0, 0.1) is 17.2 Å². The highest BCUT2D eigenvalue weighted by atomic mass is 15.1. The van der Waals surface area contributed by atoms with Crippen molar-refractivity contribution in [1.29, 1.82) is 5.26 Å². The fourth-order valence-corrected chi connectivity index (χ4v) is 1.62. The van der Waals surface area contributed by atoms with Crippen LogP contribution in [-0.2, 0) is 0 Å². The molecule has 0 aliphatic heterocycles. The van der Waals surface area contributed by atoms with E-state index in [2.05, 4.69) is 38.8 Å². The highest BCUT2D eigenvalue weighted by Gasteiger charge is 2.23. The van der Waals surface area contributed by atoms with Gasteiger partial charge in [0.15, 0.2) is 0 Å². The summed E-state index contributed by atoms with van der Waals surface area (Å²) in [6.07, 6.45) is 1.91. The first-order valence-corrected chi connectivity index (χ1v) is 5.72. The molecular formula is C12H25N3. The standard InChI is InChI=1S/C12H25N3/c1-6-10(2)8-15(5)11(3)7-12(4,14)9-13/h10-11H,6-8,14H2,1-5H3. The number of nitrogens with zero attached hydrogens (tertiary/aromatic N) is 2. The summed E-state index contributed by atoms with van der Waals surface area (Å²) in [4.78, 5) is 2.29. The Kier molecular flexibility index (Phi) is 5.85. The van der Waals surface area contributed by atoms with Crippen molar-refractivity contribution < 1.29 is 0 Å². The molecule has 0 rings (SSSR count). The Hall–Kier alpha value is -0.590. The molecule has 3 nitrogen and oxygen atoms in total. The van der Waals surface area contributed by atoms with Gasteiger partial charge in [-0.2, -0.15) is 5.26 Å². The molecule has 0 aromatic rings. The fourth-order valence-electron chi connectivity index (χ4n) is 1.62. The molecule has 0 heterocycles. The predicted molar refractivity (Wildman–Crippen MR) is 64.4 cm³/mol. The Morgan fingerprint density at radius 3 is 2.40 bits per heavy atom. The zero-order chi connectivity index (χ0) is 12.1. The molecule has 0 aliphatic rings. The zero-order valence-electron chi connectivity index (χ0n) is 10.7. The van der Waals surface area contributed by atoms with Crippen LogP contribution in [-0.4, -0.2) is 30.1 Å². The van der Waals surface area contributed by atoms with Crippen molar-refractivity contribution in [2.24, 2.45) is 11.7 Å². The lowest BCUT2D eigenvalue weighted by Gasteiger charge is -2.30. The summed E-state index contributed by atoms with van der Waals surface area (Å²) in [7, 11) is 2.10. The van der Waals surface area contributed by atoms with Gasteiger partial charge in [0.05, 0.1) is 6.07 Å². The van der Waals surface area contributed by atoms with E-state index in [9.17, 15) is 0 Å². The molecule has 0 saturated heterocycles. The predicted octanol–water partition coefficient (Wildman–Crippen LogP) is 1.98. The average molecular weight is 211 g/mol. The molecule has 0 aromatic carbocycles. The van der Waals surface area contributed by atoms with Crippen LogP contribution in [0.4, 0.5) is 0 Å². The van der Waals surface area contributed by atoms with Crippen LogP contribution >= 0.6 is 0 Å². The Morgan fingerprint density at radius 2 is 2.00 bits per heavy atom. The number of nitriles is 1. The van der Waals surface area contributed by atoms with Gasteiger partial charge in [0, 0.05) is 12.6 Å². The number of rotatable bonds is 6. The van der Waals surface area contributed by atoms with Crippen molar-refractivity contribution in [3.05, 3.63) is 0 Å². The molecule has 0 fully saturated rings. The van der Waals surface area contributed by atoms with Gasteiger partial charge in [-0.15, -0.1) is 0 Å². The molecule has 15 heavy (non-hydrogen) atoms. The van der Waals surface area contributed by atoms with Crippen molar-refractivity contribution in [2.45, 2.75) is 52.1 Å². The molecular weight excluding hydrogens is 186 g/mol. The van der Waals surface area contributed by atoms with Crippen molar-refractivity contribution in [1.82, 2.24) is 4.90 Å². The first-order valence-electron chi connectivity index (χ1n) is 5.72. The summed E-state index contributed by atoms with van der Waals surface area (Å²) in [5.74, 6) is 0.698. The monoisotopic (exact) mass is 211 g/mol. The molecule has 0 radical (unpaired) electrons. The maximum atomic E-state index is 8.86. The maximum Gasteiger partial charge on any atom is 0.102 e. The lowest BCUT2D eigenvalue weighted by molar-refractivity contribution is 0.198. The number of hydrogen-bond acceptors (Lipinski definition) is 3. The first kappa shape index (κ1) is 14.4. The van der Waals surface area contributed by atoms with Crippen molar-refractivity contribution in [2.75, 3.05) is 13.6 Å². The SMILES string of the molecule is CCC(C)CN(C)C(C)CC(C)(N)C#N. The summed E-state index contributed by atoms with van der Waals surface area (Å²) in [6, 6.07) is 2.50. The van der Waals surface area contributed by atoms with E-state index in [1.54, 1.807) is 6.92 Å². The van der Waals surface area contributed by atoms with Gasteiger partial charge in [-0.1, -0.05) is 20.3 Å². The minimum Gasteiger partial charge on any atom is -0.314 e. The molecule has 0 amide bonds. The van der Waals surface area contributed by atoms with Gasteiger partial charge in [-0.05, 0) is 33.2 Å². The highest BCUT2D eigenvalue weighted by Crippen LogP contribution is 2.14. The largest absolute Gasteiger partial charge is 0.314 e. The van der Waals surface area contributed by atoms with Gasteiger partial charge in [0.1, 0.15) is 5.54 Å². The lowest BCUT2D eigenvalue weighted by Crippen LogP contribution is -2.43. The lowest BCUT2D eigenvalue weighted by atomic mass is 9.95. The third-order valence-electron chi connectivity index (χ3n) is 3.02. The average Bonchev–Trinajstić information content (AvgIpc) is 2.16. The van der Waals surface area contributed by atoms with E-state index in [0.29, 0.717) is 12.0 Å². The third kappa shape index (κ3) is 5.76. The van der Waals surface area contributed by atoms with Gasteiger partial charge in [-0.25, -0.2) is 0 Å². The van der Waals surface area contributed by atoms with E-state index in [-0.39, 0.29) is 0 Å². The Balaban J connectivity index is 4.11. The topological polar surface area (TPSA) is 53.0 Å².